The number of hydrogen-bond donors (Lipinski definition) is 0. The second-order valence-corrected chi connectivity index (χ2v) is 13.9. The second-order valence-electron chi connectivity index (χ2n) is 10.8. The van der Waals surface area contributed by atoms with Crippen molar-refractivity contribution in [1.82, 2.24) is 8.87 Å². The van der Waals surface area contributed by atoms with E-state index in [1.165, 1.54) is 28.2 Å². The van der Waals surface area contributed by atoms with Gasteiger partial charge in [-0.1, -0.05) is 11.8 Å². The molecule has 45 heavy (non-hydrogen) atoms. The van der Waals surface area contributed by atoms with Gasteiger partial charge in [-0.05, 0) is 93.1 Å². The predicted molar refractivity (Wildman–Crippen MR) is 174 cm³/mol. The van der Waals surface area contributed by atoms with E-state index in [1.807, 2.05) is 57.2 Å². The molecule has 1 aromatic heterocycles. The minimum atomic E-state index is -3.73. The Bertz CT molecular complexity index is 1930. The van der Waals surface area contributed by atoms with Crippen molar-refractivity contribution in [2.24, 2.45) is 0 Å². The molecule has 0 spiro atoms. The van der Waals surface area contributed by atoms with E-state index in [9.17, 15) is 23.3 Å². The van der Waals surface area contributed by atoms with Crippen LogP contribution in [0.2, 0.25) is 0 Å². The normalized spacial score (nSPS) is 16.4. The summed E-state index contributed by atoms with van der Waals surface area (Å²) >= 11 is 1.52. The van der Waals surface area contributed by atoms with Crippen LogP contribution >= 0.6 is 11.8 Å². The van der Waals surface area contributed by atoms with Gasteiger partial charge in [0.1, 0.15) is 0 Å². The summed E-state index contributed by atoms with van der Waals surface area (Å²) < 4.78 is 35.7. The van der Waals surface area contributed by atoms with Crippen LogP contribution in [-0.2, 0) is 19.6 Å². The zero-order chi connectivity index (χ0) is 31.9. The summed E-state index contributed by atoms with van der Waals surface area (Å²) in [7, 11) is -3.73. The van der Waals surface area contributed by atoms with Crippen molar-refractivity contribution in [3.05, 3.63) is 105 Å². The number of nitro benzene ring substituents is 1. The molecule has 1 fully saturated rings. The van der Waals surface area contributed by atoms with Crippen molar-refractivity contribution >= 4 is 50.7 Å². The smallest absolute Gasteiger partial charge is 0.269 e. The number of amides is 1. The monoisotopic (exact) mass is 644 g/mol. The third-order valence-electron chi connectivity index (χ3n) is 8.10. The van der Waals surface area contributed by atoms with E-state index in [4.69, 9.17) is 4.74 Å². The highest BCUT2D eigenvalue weighted by atomic mass is 32.2. The number of morpholine rings is 1. The minimum absolute atomic E-state index is 0.0580. The molecule has 12 heteroatoms. The highest BCUT2D eigenvalue weighted by Crippen LogP contribution is 2.40. The van der Waals surface area contributed by atoms with Crippen LogP contribution in [0.1, 0.15) is 29.4 Å². The summed E-state index contributed by atoms with van der Waals surface area (Å²) in [5.74, 6) is -0.161. The zero-order valence-electron chi connectivity index (χ0n) is 25.1. The van der Waals surface area contributed by atoms with E-state index >= 15 is 0 Å². The Balaban J connectivity index is 1.31. The van der Waals surface area contributed by atoms with Crippen LogP contribution in [0, 0.1) is 24.0 Å². The Morgan fingerprint density at radius 3 is 2.22 bits per heavy atom. The number of fused-ring (bicyclic) bond motifs is 1. The number of likely N-dealkylation sites (N-methyl/N-ethyl adjacent to an activating group) is 1. The number of carbonyl (C=O) groups is 1. The maximum atomic E-state index is 13.6. The molecule has 232 valence electrons. The maximum Gasteiger partial charge on any atom is 0.269 e. The van der Waals surface area contributed by atoms with Crippen LogP contribution in [0.3, 0.4) is 0 Å². The Hall–Kier alpha value is -4.23. The molecule has 1 saturated heterocycles. The van der Waals surface area contributed by atoms with Gasteiger partial charge in [0.25, 0.3) is 11.6 Å². The molecule has 2 aliphatic rings. The van der Waals surface area contributed by atoms with E-state index in [0.29, 0.717) is 49.7 Å². The second kappa shape index (κ2) is 12.3. The molecule has 1 amide bonds. The largest absolute Gasteiger partial charge is 0.379 e. The molecule has 0 unspecified atom stereocenters. The molecule has 0 radical (unpaired) electrons. The molecule has 2 aliphatic heterocycles. The average molecular weight is 645 g/mol. The number of sulfonamides is 1. The lowest BCUT2D eigenvalue weighted by molar-refractivity contribution is -0.384. The van der Waals surface area contributed by atoms with Crippen LogP contribution in [-0.4, -0.2) is 61.0 Å². The first-order valence-corrected chi connectivity index (χ1v) is 16.8. The molecule has 0 aliphatic carbocycles. The van der Waals surface area contributed by atoms with Crippen LogP contribution in [0.15, 0.2) is 87.5 Å². The quantitative estimate of drug-likeness (QED) is 0.130. The van der Waals surface area contributed by atoms with Crippen molar-refractivity contribution in [1.29, 1.82) is 0 Å². The first kappa shape index (κ1) is 30.8. The molecule has 4 aromatic rings. The summed E-state index contributed by atoms with van der Waals surface area (Å²) in [6.07, 6.45) is 1.86. The fourth-order valence-corrected chi connectivity index (χ4v) is 8.06. The molecular formula is C33H32N4O6S2. The van der Waals surface area contributed by atoms with Gasteiger partial charge in [-0.25, -0.2) is 8.42 Å². The molecule has 0 bridgehead atoms. The lowest BCUT2D eigenvalue weighted by Crippen LogP contribution is -2.40. The fourth-order valence-electron chi connectivity index (χ4n) is 5.81. The Morgan fingerprint density at radius 2 is 1.60 bits per heavy atom. The summed E-state index contributed by atoms with van der Waals surface area (Å²) in [6.45, 7) is 7.67. The summed E-state index contributed by atoms with van der Waals surface area (Å²) in [6, 6.07) is 21.5. The fraction of sp³-hybridized carbons (Fsp3) is 0.242. The lowest BCUT2D eigenvalue weighted by atomic mass is 10.0. The molecule has 10 nitrogen and oxygen atoms in total. The van der Waals surface area contributed by atoms with Gasteiger partial charge < -0.3 is 14.2 Å². The highest BCUT2D eigenvalue weighted by molar-refractivity contribution is 7.99. The van der Waals surface area contributed by atoms with Gasteiger partial charge in [0.05, 0.1) is 28.7 Å². The number of nitrogens with zero attached hydrogens (tertiary/aromatic N) is 4. The molecule has 3 heterocycles. The standard InChI is InChI=1S/C33H32N4O6S2/c1-4-35-32-14-13-29(45(41,42)34-15-17-43-18-16-34)21-30(32)31(33(35)38)20-24-19-22(2)36(23(24)3)25-5-9-27(10-6-25)44-28-11-7-26(8-12-28)37(39)40/h5-14,19-21H,4,15-18H2,1-3H3/b31-20-. The molecule has 0 atom stereocenters. The number of aryl methyl sites for hydroxylation is 1. The number of hydrogen-bond acceptors (Lipinski definition) is 7. The van der Waals surface area contributed by atoms with Gasteiger partial charge in [0.15, 0.2) is 0 Å². The van der Waals surface area contributed by atoms with Crippen molar-refractivity contribution in [2.45, 2.75) is 35.5 Å². The number of anilines is 1. The Morgan fingerprint density at radius 1 is 0.956 bits per heavy atom. The van der Waals surface area contributed by atoms with Crippen LogP contribution in [0.5, 0.6) is 0 Å². The first-order chi connectivity index (χ1) is 21.6. The van der Waals surface area contributed by atoms with Gasteiger partial charge in [-0.2, -0.15) is 4.31 Å². The van der Waals surface area contributed by atoms with Crippen LogP contribution in [0.25, 0.3) is 17.3 Å². The third-order valence-corrected chi connectivity index (χ3v) is 11.0. The number of aromatic nitrogens is 1. The van der Waals surface area contributed by atoms with E-state index in [2.05, 4.69) is 4.57 Å². The van der Waals surface area contributed by atoms with Crippen LogP contribution < -0.4 is 4.90 Å². The topological polar surface area (TPSA) is 115 Å². The van der Waals surface area contributed by atoms with E-state index in [-0.39, 0.29) is 16.5 Å². The number of non-ortho nitro benzene ring substituents is 1. The Kier molecular flexibility index (Phi) is 8.40. The van der Waals surface area contributed by atoms with Crippen molar-refractivity contribution in [2.75, 3.05) is 37.7 Å². The minimum Gasteiger partial charge on any atom is -0.379 e. The van der Waals surface area contributed by atoms with Crippen molar-refractivity contribution in [3.63, 3.8) is 0 Å². The summed E-state index contributed by atoms with van der Waals surface area (Å²) in [4.78, 5) is 27.9. The molecule has 0 saturated carbocycles. The van der Waals surface area contributed by atoms with E-state index in [1.54, 1.807) is 35.2 Å². The SMILES string of the molecule is CCN1C(=O)/C(=C\c2cc(C)n(-c3ccc(Sc4ccc([N+](=O)[O-])cc4)cc3)c2C)c2cc(S(=O)(=O)N3CCOCC3)ccc21. The highest BCUT2D eigenvalue weighted by Gasteiger charge is 2.34. The molecule has 3 aromatic carbocycles. The maximum absolute atomic E-state index is 13.6. The van der Waals surface area contributed by atoms with E-state index < -0.39 is 14.9 Å². The molecule has 0 N–H and O–H groups in total. The van der Waals surface area contributed by atoms with Gasteiger partial charge in [-0.3, -0.25) is 14.9 Å². The average Bonchev–Trinajstić information content (AvgIpc) is 3.48. The van der Waals surface area contributed by atoms with Gasteiger partial charge in [0.2, 0.25) is 10.0 Å². The lowest BCUT2D eigenvalue weighted by Gasteiger charge is -2.26. The van der Waals surface area contributed by atoms with Crippen molar-refractivity contribution in [3.8, 4) is 5.69 Å². The number of benzene rings is 3. The zero-order valence-corrected chi connectivity index (χ0v) is 26.7. The van der Waals surface area contributed by atoms with Gasteiger partial charge in [0, 0.05) is 69.8 Å². The van der Waals surface area contributed by atoms with Gasteiger partial charge >= 0.3 is 0 Å². The van der Waals surface area contributed by atoms with Crippen LogP contribution in [0.4, 0.5) is 11.4 Å². The number of carbonyl (C=O) groups excluding carboxylic acids is 1. The number of rotatable bonds is 8. The third kappa shape index (κ3) is 5.82. The van der Waals surface area contributed by atoms with Crippen molar-refractivity contribution < 1.29 is 22.9 Å². The van der Waals surface area contributed by atoms with Gasteiger partial charge in [-0.15, -0.1) is 0 Å². The van der Waals surface area contributed by atoms with E-state index in [0.717, 1.165) is 32.4 Å². The number of nitro groups is 1. The summed E-state index contributed by atoms with van der Waals surface area (Å²) in [5.41, 5.74) is 5.57. The molecule has 6 rings (SSSR count). The molecular weight excluding hydrogens is 613 g/mol. The summed E-state index contributed by atoms with van der Waals surface area (Å²) in [5, 5.41) is 10.9. The Labute approximate surface area is 266 Å². The predicted octanol–water partition coefficient (Wildman–Crippen LogP) is 6.08. The first-order valence-electron chi connectivity index (χ1n) is 14.6. The number of ether oxygens (including phenoxy) is 1.